The third-order valence-electron chi connectivity index (χ3n) is 6.50. The Bertz CT molecular complexity index is 890. The van der Waals surface area contributed by atoms with E-state index in [9.17, 15) is 19.8 Å². The van der Waals surface area contributed by atoms with Crippen molar-refractivity contribution in [1.29, 1.82) is 0 Å². The monoisotopic (exact) mass is 512 g/mol. The molecule has 0 radical (unpaired) electrons. The van der Waals surface area contributed by atoms with Gasteiger partial charge in [-0.3, -0.25) is 0 Å². The summed E-state index contributed by atoms with van der Waals surface area (Å²) in [4.78, 5) is 22.5. The van der Waals surface area contributed by atoms with Gasteiger partial charge in [-0.25, -0.2) is 9.59 Å². The summed E-state index contributed by atoms with van der Waals surface area (Å²) >= 11 is 0. The molecule has 0 saturated carbocycles. The van der Waals surface area contributed by atoms with Crippen molar-refractivity contribution in [2.24, 2.45) is 0 Å². The molecule has 6 nitrogen and oxygen atoms in total. The smallest absolute Gasteiger partial charge is 0.335 e. The number of rotatable bonds is 21. The van der Waals surface area contributed by atoms with E-state index in [2.05, 4.69) is 6.92 Å². The number of carboxylic acids is 2. The first-order chi connectivity index (χ1) is 18.0. The molecular formula is C31H44O6. The van der Waals surface area contributed by atoms with Gasteiger partial charge >= 0.3 is 11.9 Å². The lowest BCUT2D eigenvalue weighted by molar-refractivity contribution is 0.0696. The maximum absolute atomic E-state index is 11.2. The zero-order chi connectivity index (χ0) is 26.7. The van der Waals surface area contributed by atoms with E-state index in [4.69, 9.17) is 9.47 Å². The highest BCUT2D eigenvalue weighted by Gasteiger charge is 2.12. The summed E-state index contributed by atoms with van der Waals surface area (Å²) in [6.07, 6.45) is 18.7. The standard InChI is InChI=1S/C31H44O6/c1-2-3-4-5-6-7-8-9-10-11-12-13-14-15-20-36-28-18-16-25(17-19-28)24-37-29-22-26(30(32)33)21-27(23-29)31(34)35/h16-19,21-23H,2-15,20,24H2,1H3,(H,32,33)(H,34,35). The summed E-state index contributed by atoms with van der Waals surface area (Å²) < 4.78 is 11.5. The van der Waals surface area contributed by atoms with Crippen LogP contribution in [0.5, 0.6) is 11.5 Å². The number of ether oxygens (including phenoxy) is 2. The molecule has 2 aromatic rings. The number of hydrogen-bond acceptors (Lipinski definition) is 4. The lowest BCUT2D eigenvalue weighted by Gasteiger charge is -2.10. The van der Waals surface area contributed by atoms with Gasteiger partial charge in [0.2, 0.25) is 0 Å². The SMILES string of the molecule is CCCCCCCCCCCCCCCCOc1ccc(COc2cc(C(=O)O)cc(C(=O)O)c2)cc1. The normalized spacial score (nSPS) is 10.8. The molecule has 0 aliphatic carbocycles. The zero-order valence-electron chi connectivity index (χ0n) is 22.4. The van der Waals surface area contributed by atoms with Crippen molar-refractivity contribution in [3.8, 4) is 11.5 Å². The van der Waals surface area contributed by atoms with Crippen molar-refractivity contribution >= 4 is 11.9 Å². The summed E-state index contributed by atoms with van der Waals surface area (Å²) in [5, 5.41) is 18.3. The first kappa shape index (κ1) is 30.2. The van der Waals surface area contributed by atoms with E-state index in [1.54, 1.807) is 0 Å². The molecule has 0 spiro atoms. The molecule has 0 unspecified atom stereocenters. The fourth-order valence-electron chi connectivity index (χ4n) is 4.26. The van der Waals surface area contributed by atoms with Crippen LogP contribution in [0.2, 0.25) is 0 Å². The van der Waals surface area contributed by atoms with Crippen molar-refractivity contribution in [3.05, 3.63) is 59.2 Å². The predicted octanol–water partition coefficient (Wildman–Crippen LogP) is 8.52. The summed E-state index contributed by atoms with van der Waals surface area (Å²) in [6.45, 7) is 3.16. The Kier molecular flexibility index (Phi) is 14.9. The molecule has 0 bridgehead atoms. The minimum absolute atomic E-state index is 0.123. The third kappa shape index (κ3) is 13.2. The van der Waals surface area contributed by atoms with Crippen molar-refractivity contribution in [2.45, 2.75) is 103 Å². The Morgan fingerprint density at radius 1 is 0.595 bits per heavy atom. The second-order valence-corrected chi connectivity index (χ2v) is 9.73. The van der Waals surface area contributed by atoms with Gasteiger partial charge in [0.05, 0.1) is 17.7 Å². The fraction of sp³-hybridized carbons (Fsp3) is 0.548. The van der Waals surface area contributed by atoms with Crippen molar-refractivity contribution < 1.29 is 29.3 Å². The number of benzene rings is 2. The lowest BCUT2D eigenvalue weighted by Crippen LogP contribution is -2.04. The Morgan fingerprint density at radius 3 is 1.51 bits per heavy atom. The van der Waals surface area contributed by atoms with Gasteiger partial charge in [0.1, 0.15) is 18.1 Å². The summed E-state index contributed by atoms with van der Waals surface area (Å²) in [5.41, 5.74) is 0.630. The highest BCUT2D eigenvalue weighted by atomic mass is 16.5. The Balaban J connectivity index is 1.54. The minimum atomic E-state index is -1.20. The number of carbonyl (C=O) groups is 2. The first-order valence-electron chi connectivity index (χ1n) is 14.0. The lowest BCUT2D eigenvalue weighted by atomic mass is 10.0. The summed E-state index contributed by atoms with van der Waals surface area (Å²) in [7, 11) is 0. The third-order valence-corrected chi connectivity index (χ3v) is 6.50. The first-order valence-corrected chi connectivity index (χ1v) is 14.0. The molecule has 0 aliphatic heterocycles. The molecule has 0 atom stereocenters. The molecular weight excluding hydrogens is 468 g/mol. The average Bonchev–Trinajstić information content (AvgIpc) is 2.90. The minimum Gasteiger partial charge on any atom is -0.494 e. The average molecular weight is 513 g/mol. The highest BCUT2D eigenvalue weighted by molar-refractivity contribution is 5.94. The van der Waals surface area contributed by atoms with E-state index in [1.807, 2.05) is 24.3 Å². The Hall–Kier alpha value is -3.02. The van der Waals surface area contributed by atoms with Gasteiger partial charge in [-0.15, -0.1) is 0 Å². The number of aromatic carboxylic acids is 2. The van der Waals surface area contributed by atoms with E-state index in [0.717, 1.165) is 23.8 Å². The molecule has 0 heterocycles. The quantitative estimate of drug-likeness (QED) is 0.163. The van der Waals surface area contributed by atoms with Gasteiger partial charge in [0, 0.05) is 0 Å². The summed E-state index contributed by atoms with van der Waals surface area (Å²) in [5.74, 6) is -1.39. The molecule has 0 fully saturated rings. The van der Waals surface area contributed by atoms with Crippen LogP contribution >= 0.6 is 0 Å². The Labute approximate surface area is 222 Å². The van der Waals surface area contributed by atoms with Crippen LogP contribution in [-0.4, -0.2) is 28.8 Å². The van der Waals surface area contributed by atoms with Gasteiger partial charge in [-0.05, 0) is 42.3 Å². The van der Waals surface area contributed by atoms with E-state index in [-0.39, 0.29) is 23.5 Å². The molecule has 37 heavy (non-hydrogen) atoms. The second-order valence-electron chi connectivity index (χ2n) is 9.73. The van der Waals surface area contributed by atoms with Crippen LogP contribution in [0.25, 0.3) is 0 Å². The second kappa shape index (κ2) is 18.3. The van der Waals surface area contributed by atoms with E-state index >= 15 is 0 Å². The van der Waals surface area contributed by atoms with Crippen LogP contribution in [0.15, 0.2) is 42.5 Å². The maximum atomic E-state index is 11.2. The molecule has 0 aromatic heterocycles. The van der Waals surface area contributed by atoms with Crippen LogP contribution in [-0.2, 0) is 6.61 Å². The molecule has 0 saturated heterocycles. The van der Waals surface area contributed by atoms with Crippen LogP contribution in [0.1, 0.15) is 123 Å². The molecule has 6 heteroatoms. The number of hydrogen-bond donors (Lipinski definition) is 2. The van der Waals surface area contributed by atoms with Crippen molar-refractivity contribution in [3.63, 3.8) is 0 Å². The van der Waals surface area contributed by atoms with Gasteiger partial charge in [0.15, 0.2) is 0 Å². The molecule has 0 aliphatic rings. The van der Waals surface area contributed by atoms with Crippen LogP contribution in [0.4, 0.5) is 0 Å². The zero-order valence-corrected chi connectivity index (χ0v) is 22.4. The van der Waals surface area contributed by atoms with E-state index in [1.165, 1.54) is 95.6 Å². The van der Waals surface area contributed by atoms with E-state index in [0.29, 0.717) is 6.61 Å². The molecule has 2 N–H and O–H groups in total. The van der Waals surface area contributed by atoms with Crippen LogP contribution in [0, 0.1) is 0 Å². The topological polar surface area (TPSA) is 93.1 Å². The maximum Gasteiger partial charge on any atom is 0.335 e. The van der Waals surface area contributed by atoms with Gasteiger partial charge in [-0.1, -0.05) is 103 Å². The van der Waals surface area contributed by atoms with Crippen molar-refractivity contribution in [1.82, 2.24) is 0 Å². The largest absolute Gasteiger partial charge is 0.494 e. The van der Waals surface area contributed by atoms with Crippen LogP contribution < -0.4 is 9.47 Å². The Morgan fingerprint density at radius 2 is 1.05 bits per heavy atom. The van der Waals surface area contributed by atoms with Crippen molar-refractivity contribution in [2.75, 3.05) is 6.61 Å². The number of carboxylic acid groups (broad SMARTS) is 2. The predicted molar refractivity (Wildman–Crippen MR) is 147 cm³/mol. The fourth-order valence-corrected chi connectivity index (χ4v) is 4.26. The molecule has 204 valence electrons. The van der Waals surface area contributed by atoms with E-state index < -0.39 is 11.9 Å². The molecule has 2 aromatic carbocycles. The van der Waals surface area contributed by atoms with Gasteiger partial charge < -0.3 is 19.7 Å². The molecule has 0 amide bonds. The highest BCUT2D eigenvalue weighted by Crippen LogP contribution is 2.20. The summed E-state index contributed by atoms with van der Waals surface area (Å²) in [6, 6.07) is 11.3. The number of unbranched alkanes of at least 4 members (excludes halogenated alkanes) is 13. The van der Waals surface area contributed by atoms with Crippen LogP contribution in [0.3, 0.4) is 0 Å². The van der Waals surface area contributed by atoms with Gasteiger partial charge in [-0.2, -0.15) is 0 Å². The van der Waals surface area contributed by atoms with Gasteiger partial charge in [0.25, 0.3) is 0 Å². The molecule has 2 rings (SSSR count).